The first kappa shape index (κ1) is 19.9. The Morgan fingerprint density at radius 3 is 1.88 bits per heavy atom. The molecule has 0 bridgehead atoms. The fraction of sp³-hybridized carbons (Fsp3) is 1.00. The molecule has 0 spiro atoms. The first-order valence-electron chi connectivity index (χ1n) is 7.47. The Kier molecular flexibility index (Phi) is 6.16. The second-order valence-electron chi connectivity index (χ2n) is 6.10. The normalized spacial score (nSPS) is 53.1. The summed E-state index contributed by atoms with van der Waals surface area (Å²) in [5, 5.41) is 77.4. The second kappa shape index (κ2) is 7.43. The standard InChI is InChI=1S/C13H24O11/c1-13(11(21)9(19)7(17)5(3-15)23-13)24-12-10(20)8(18)6(16)4(2-14)22-12/h4-12,14-21H,2-3H2,1H3/t4-,5-,6-,7-,8+,9+,10-,11-,12+,13-/m1/s1. The molecule has 0 radical (unpaired) electrons. The van der Waals surface area contributed by atoms with Crippen LogP contribution in [0, 0.1) is 0 Å². The number of hydrogen-bond acceptors (Lipinski definition) is 11. The van der Waals surface area contributed by atoms with E-state index in [0.717, 1.165) is 0 Å². The van der Waals surface area contributed by atoms with E-state index in [1.54, 1.807) is 0 Å². The quantitative estimate of drug-likeness (QED) is 0.241. The predicted molar refractivity (Wildman–Crippen MR) is 73.2 cm³/mol. The van der Waals surface area contributed by atoms with Crippen LogP contribution in [-0.4, -0.2) is 115 Å². The van der Waals surface area contributed by atoms with E-state index in [9.17, 15) is 35.7 Å². The molecule has 0 unspecified atom stereocenters. The molecule has 2 fully saturated rings. The molecule has 2 aliphatic heterocycles. The van der Waals surface area contributed by atoms with E-state index in [1.165, 1.54) is 6.92 Å². The van der Waals surface area contributed by atoms with Crippen LogP contribution in [-0.2, 0) is 14.2 Å². The van der Waals surface area contributed by atoms with Crippen LogP contribution >= 0.6 is 0 Å². The molecule has 0 amide bonds. The molecule has 0 aliphatic carbocycles. The molecule has 2 rings (SSSR count). The van der Waals surface area contributed by atoms with E-state index in [0.29, 0.717) is 0 Å². The van der Waals surface area contributed by atoms with Gasteiger partial charge in [0.1, 0.15) is 48.8 Å². The fourth-order valence-electron chi connectivity index (χ4n) is 2.79. The number of aliphatic hydroxyl groups excluding tert-OH is 8. The largest absolute Gasteiger partial charge is 0.394 e. The Morgan fingerprint density at radius 1 is 0.792 bits per heavy atom. The van der Waals surface area contributed by atoms with Crippen LogP contribution in [0.5, 0.6) is 0 Å². The van der Waals surface area contributed by atoms with Crippen LogP contribution < -0.4 is 0 Å². The van der Waals surface area contributed by atoms with Gasteiger partial charge in [-0.25, -0.2) is 0 Å². The van der Waals surface area contributed by atoms with Gasteiger partial charge in [0.25, 0.3) is 0 Å². The van der Waals surface area contributed by atoms with Gasteiger partial charge in [-0.05, 0) is 6.92 Å². The van der Waals surface area contributed by atoms with E-state index in [4.69, 9.17) is 19.3 Å². The Hall–Kier alpha value is -0.440. The highest BCUT2D eigenvalue weighted by molar-refractivity contribution is 4.96. The van der Waals surface area contributed by atoms with Gasteiger partial charge in [0.2, 0.25) is 0 Å². The maximum Gasteiger partial charge on any atom is 0.197 e. The lowest BCUT2D eigenvalue weighted by Crippen LogP contribution is -2.68. The zero-order valence-electron chi connectivity index (χ0n) is 12.9. The second-order valence-corrected chi connectivity index (χ2v) is 6.10. The molecule has 142 valence electrons. The Morgan fingerprint density at radius 2 is 1.33 bits per heavy atom. The van der Waals surface area contributed by atoms with Crippen LogP contribution in [0.4, 0.5) is 0 Å². The maximum absolute atomic E-state index is 10.1. The van der Waals surface area contributed by atoms with Gasteiger partial charge < -0.3 is 55.1 Å². The van der Waals surface area contributed by atoms with Gasteiger partial charge in [-0.3, -0.25) is 0 Å². The van der Waals surface area contributed by atoms with Gasteiger partial charge in [0.05, 0.1) is 13.2 Å². The van der Waals surface area contributed by atoms with Crippen LogP contribution in [0.25, 0.3) is 0 Å². The van der Waals surface area contributed by atoms with E-state index < -0.39 is 74.1 Å². The Labute approximate surface area is 137 Å². The van der Waals surface area contributed by atoms with Gasteiger partial charge in [0, 0.05) is 0 Å². The van der Waals surface area contributed by atoms with Crippen molar-refractivity contribution in [2.45, 2.75) is 67.8 Å². The van der Waals surface area contributed by atoms with Crippen LogP contribution in [0.15, 0.2) is 0 Å². The molecule has 11 nitrogen and oxygen atoms in total. The van der Waals surface area contributed by atoms with Gasteiger partial charge in [-0.1, -0.05) is 0 Å². The summed E-state index contributed by atoms with van der Waals surface area (Å²) < 4.78 is 15.8. The summed E-state index contributed by atoms with van der Waals surface area (Å²) in [5.74, 6) is -2.01. The minimum Gasteiger partial charge on any atom is -0.394 e. The number of rotatable bonds is 4. The molecule has 8 N–H and O–H groups in total. The van der Waals surface area contributed by atoms with E-state index in [-0.39, 0.29) is 0 Å². The molecule has 0 aromatic rings. The maximum atomic E-state index is 10.1. The van der Waals surface area contributed by atoms with Gasteiger partial charge in [-0.15, -0.1) is 0 Å². The summed E-state index contributed by atoms with van der Waals surface area (Å²) in [7, 11) is 0. The SMILES string of the molecule is C[C@]1(O[C@@H]2O[C@H](CO)[C@@H](O)[C@H](O)[C@H]2O)O[C@H](CO)[C@@H](O)[C@H](O)[C@H]1O. The third kappa shape index (κ3) is 3.43. The molecule has 24 heavy (non-hydrogen) atoms. The molecule has 0 aromatic heterocycles. The summed E-state index contributed by atoms with van der Waals surface area (Å²) in [5.41, 5.74) is 0. The third-order valence-electron chi connectivity index (χ3n) is 4.36. The average molecular weight is 356 g/mol. The van der Waals surface area contributed by atoms with Crippen molar-refractivity contribution in [1.82, 2.24) is 0 Å². The molecule has 2 aliphatic rings. The van der Waals surface area contributed by atoms with Crippen molar-refractivity contribution in [3.63, 3.8) is 0 Å². The number of ether oxygens (including phenoxy) is 3. The molecular weight excluding hydrogens is 332 g/mol. The van der Waals surface area contributed by atoms with E-state index in [1.807, 2.05) is 0 Å². The van der Waals surface area contributed by atoms with Crippen molar-refractivity contribution in [1.29, 1.82) is 0 Å². The zero-order chi connectivity index (χ0) is 18.2. The summed E-state index contributed by atoms with van der Waals surface area (Å²) in [6.07, 6.45) is -14.2. The highest BCUT2D eigenvalue weighted by Gasteiger charge is 2.55. The van der Waals surface area contributed by atoms with Crippen molar-refractivity contribution in [3.05, 3.63) is 0 Å². The number of hydrogen-bond donors (Lipinski definition) is 8. The van der Waals surface area contributed by atoms with Crippen molar-refractivity contribution < 1.29 is 55.1 Å². The van der Waals surface area contributed by atoms with Gasteiger partial charge >= 0.3 is 0 Å². The summed E-state index contributed by atoms with van der Waals surface area (Å²) in [6, 6.07) is 0. The van der Waals surface area contributed by atoms with Crippen LogP contribution in [0.3, 0.4) is 0 Å². The highest BCUT2D eigenvalue weighted by Crippen LogP contribution is 2.34. The first-order valence-corrected chi connectivity index (χ1v) is 7.47. The minimum atomic E-state index is -2.01. The smallest absolute Gasteiger partial charge is 0.197 e. The van der Waals surface area contributed by atoms with Gasteiger partial charge in [0.15, 0.2) is 12.1 Å². The molecule has 11 heteroatoms. The monoisotopic (exact) mass is 356 g/mol. The summed E-state index contributed by atoms with van der Waals surface area (Å²) in [4.78, 5) is 0. The fourth-order valence-corrected chi connectivity index (χ4v) is 2.79. The van der Waals surface area contributed by atoms with Gasteiger partial charge in [-0.2, -0.15) is 0 Å². The number of aliphatic hydroxyl groups is 8. The van der Waals surface area contributed by atoms with E-state index in [2.05, 4.69) is 0 Å². The predicted octanol–water partition coefficient (Wildman–Crippen LogP) is -5.01. The summed E-state index contributed by atoms with van der Waals surface area (Å²) in [6.45, 7) is -0.180. The van der Waals surface area contributed by atoms with Crippen molar-refractivity contribution in [2.75, 3.05) is 13.2 Å². The minimum absolute atomic E-state index is 0.675. The van der Waals surface area contributed by atoms with E-state index >= 15 is 0 Å². The molecule has 10 atom stereocenters. The first-order chi connectivity index (χ1) is 11.2. The van der Waals surface area contributed by atoms with Crippen LogP contribution in [0.1, 0.15) is 6.92 Å². The lowest BCUT2D eigenvalue weighted by molar-refractivity contribution is -0.416. The zero-order valence-corrected chi connectivity index (χ0v) is 12.9. The highest BCUT2D eigenvalue weighted by atomic mass is 16.8. The molecule has 0 aromatic carbocycles. The van der Waals surface area contributed by atoms with Crippen LogP contribution in [0.2, 0.25) is 0 Å². The molecule has 2 saturated heterocycles. The lowest BCUT2D eigenvalue weighted by Gasteiger charge is -2.49. The molecule has 0 saturated carbocycles. The lowest BCUT2D eigenvalue weighted by atomic mass is 9.93. The third-order valence-corrected chi connectivity index (χ3v) is 4.36. The molecular formula is C13H24O11. The Bertz CT molecular complexity index is 419. The van der Waals surface area contributed by atoms with Crippen molar-refractivity contribution in [2.24, 2.45) is 0 Å². The van der Waals surface area contributed by atoms with Crippen molar-refractivity contribution >= 4 is 0 Å². The molecule has 2 heterocycles. The van der Waals surface area contributed by atoms with Crippen molar-refractivity contribution in [3.8, 4) is 0 Å². The summed E-state index contributed by atoms with van der Waals surface area (Å²) >= 11 is 0. The Balaban J connectivity index is 2.18. The topological polar surface area (TPSA) is 190 Å². The average Bonchev–Trinajstić information content (AvgIpc) is 2.57.